The van der Waals surface area contributed by atoms with E-state index in [0.717, 1.165) is 11.8 Å². The highest BCUT2D eigenvalue weighted by atomic mass is 16.7. The number of carbonyl (C=O) groups excluding carboxylic acids is 1. The number of hydrogen-bond acceptors (Lipinski definition) is 4. The van der Waals surface area contributed by atoms with Crippen LogP contribution in [0.25, 0.3) is 0 Å². The Morgan fingerprint density at radius 3 is 2.69 bits per heavy atom. The second-order valence-electron chi connectivity index (χ2n) is 2.39. The van der Waals surface area contributed by atoms with Crippen LogP contribution in [0.2, 0.25) is 0 Å². The average molecular weight is 186 g/mol. The fourth-order valence-corrected chi connectivity index (χ4v) is 0.532. The zero-order valence-electron chi connectivity index (χ0n) is 7.75. The third-order valence-corrected chi connectivity index (χ3v) is 0.976. The zero-order valence-corrected chi connectivity index (χ0v) is 7.75. The molecule has 0 spiro atoms. The quantitative estimate of drug-likeness (QED) is 0.275. The monoisotopic (exact) mass is 186 g/mol. The minimum Gasteiger partial charge on any atom is -0.432 e. The van der Waals surface area contributed by atoms with Gasteiger partial charge < -0.3 is 14.2 Å². The maximum Gasteiger partial charge on any atom is 0.513 e. The number of rotatable bonds is 6. The van der Waals surface area contributed by atoms with E-state index in [4.69, 9.17) is 4.74 Å². The molecule has 4 nitrogen and oxygen atoms in total. The summed E-state index contributed by atoms with van der Waals surface area (Å²) in [5.74, 6) is 0. The van der Waals surface area contributed by atoms with Crippen molar-refractivity contribution in [2.24, 2.45) is 0 Å². The molecule has 13 heavy (non-hydrogen) atoms. The molecule has 0 amide bonds. The van der Waals surface area contributed by atoms with E-state index in [1.54, 1.807) is 0 Å². The summed E-state index contributed by atoms with van der Waals surface area (Å²) in [6.07, 6.45) is 0.241. The first-order valence-corrected chi connectivity index (χ1v) is 3.83. The molecular weight excluding hydrogens is 172 g/mol. The SMILES string of the molecule is C=COC(=O)OCCOCC(=C)C. The van der Waals surface area contributed by atoms with Gasteiger partial charge in [-0.2, -0.15) is 0 Å². The van der Waals surface area contributed by atoms with Gasteiger partial charge in [0.25, 0.3) is 0 Å². The van der Waals surface area contributed by atoms with Crippen molar-refractivity contribution in [3.63, 3.8) is 0 Å². The molecule has 0 saturated carbocycles. The molecule has 4 heteroatoms. The number of carbonyl (C=O) groups is 1. The van der Waals surface area contributed by atoms with Gasteiger partial charge >= 0.3 is 6.16 Å². The van der Waals surface area contributed by atoms with Crippen LogP contribution < -0.4 is 0 Å². The van der Waals surface area contributed by atoms with Crippen molar-refractivity contribution in [3.05, 3.63) is 25.0 Å². The fourth-order valence-electron chi connectivity index (χ4n) is 0.532. The number of hydrogen-bond donors (Lipinski definition) is 0. The topological polar surface area (TPSA) is 44.8 Å². The smallest absolute Gasteiger partial charge is 0.432 e. The van der Waals surface area contributed by atoms with Crippen molar-refractivity contribution in [2.75, 3.05) is 19.8 Å². The maximum absolute atomic E-state index is 10.6. The minimum absolute atomic E-state index is 0.167. The van der Waals surface area contributed by atoms with Gasteiger partial charge in [0, 0.05) is 0 Å². The predicted molar refractivity (Wildman–Crippen MR) is 48.3 cm³/mol. The summed E-state index contributed by atoms with van der Waals surface area (Å²) in [5, 5.41) is 0. The van der Waals surface area contributed by atoms with Gasteiger partial charge in [0.05, 0.1) is 19.5 Å². The Bertz CT molecular complexity index is 186. The van der Waals surface area contributed by atoms with Crippen LogP contribution in [0.15, 0.2) is 25.0 Å². The second kappa shape index (κ2) is 7.36. The van der Waals surface area contributed by atoms with Gasteiger partial charge in [0.2, 0.25) is 0 Å². The van der Waals surface area contributed by atoms with E-state index in [2.05, 4.69) is 22.6 Å². The van der Waals surface area contributed by atoms with Gasteiger partial charge in [0.15, 0.2) is 0 Å². The lowest BCUT2D eigenvalue weighted by molar-refractivity contribution is 0.0502. The van der Waals surface area contributed by atoms with Gasteiger partial charge in [-0.05, 0) is 6.92 Å². The van der Waals surface area contributed by atoms with Gasteiger partial charge in [-0.1, -0.05) is 18.7 Å². The largest absolute Gasteiger partial charge is 0.513 e. The van der Waals surface area contributed by atoms with Gasteiger partial charge in [-0.25, -0.2) is 4.79 Å². The summed E-state index contributed by atoms with van der Waals surface area (Å²) < 4.78 is 13.9. The molecular formula is C9H14O4. The third kappa shape index (κ3) is 8.62. The summed E-state index contributed by atoms with van der Waals surface area (Å²) in [6.45, 7) is 9.67. The van der Waals surface area contributed by atoms with Crippen molar-refractivity contribution in [2.45, 2.75) is 6.92 Å². The van der Waals surface area contributed by atoms with Gasteiger partial charge in [-0.3, -0.25) is 0 Å². The first kappa shape index (κ1) is 11.7. The van der Waals surface area contributed by atoms with Crippen LogP contribution in [-0.2, 0) is 14.2 Å². The maximum atomic E-state index is 10.6. The summed E-state index contributed by atoms with van der Waals surface area (Å²) in [4.78, 5) is 10.6. The molecule has 0 heterocycles. The molecule has 0 bridgehead atoms. The van der Waals surface area contributed by atoms with Gasteiger partial charge in [-0.15, -0.1) is 0 Å². The Labute approximate surface area is 77.8 Å². The minimum atomic E-state index is -0.770. The van der Waals surface area contributed by atoms with Crippen LogP contribution in [0.3, 0.4) is 0 Å². The molecule has 0 fully saturated rings. The summed E-state index contributed by atoms with van der Waals surface area (Å²) >= 11 is 0. The summed E-state index contributed by atoms with van der Waals surface area (Å²) in [5.41, 5.74) is 0.925. The van der Waals surface area contributed by atoms with E-state index in [0.29, 0.717) is 13.2 Å². The van der Waals surface area contributed by atoms with Crippen LogP contribution >= 0.6 is 0 Å². The van der Waals surface area contributed by atoms with Crippen LogP contribution in [0, 0.1) is 0 Å². The molecule has 0 rings (SSSR count). The molecule has 0 aliphatic heterocycles. The van der Waals surface area contributed by atoms with Crippen LogP contribution in [-0.4, -0.2) is 26.0 Å². The van der Waals surface area contributed by atoms with Crippen molar-refractivity contribution in [1.29, 1.82) is 0 Å². The van der Waals surface area contributed by atoms with E-state index < -0.39 is 6.16 Å². The van der Waals surface area contributed by atoms with E-state index in [1.807, 2.05) is 6.92 Å². The third-order valence-electron chi connectivity index (χ3n) is 0.976. The summed E-state index contributed by atoms with van der Waals surface area (Å²) in [6, 6.07) is 0. The Morgan fingerprint density at radius 1 is 1.46 bits per heavy atom. The van der Waals surface area contributed by atoms with Crippen molar-refractivity contribution in [1.82, 2.24) is 0 Å². The highest BCUT2D eigenvalue weighted by Crippen LogP contribution is 1.89. The van der Waals surface area contributed by atoms with Crippen LogP contribution in [0.4, 0.5) is 4.79 Å². The van der Waals surface area contributed by atoms with E-state index in [-0.39, 0.29) is 6.61 Å². The van der Waals surface area contributed by atoms with Crippen LogP contribution in [0.5, 0.6) is 0 Å². The molecule has 0 unspecified atom stereocenters. The highest BCUT2D eigenvalue weighted by molar-refractivity contribution is 5.60. The molecule has 0 saturated heterocycles. The van der Waals surface area contributed by atoms with E-state index in [9.17, 15) is 4.79 Å². The Kier molecular flexibility index (Phi) is 6.63. The van der Waals surface area contributed by atoms with Gasteiger partial charge in [0.1, 0.15) is 6.61 Å². The molecule has 0 radical (unpaired) electrons. The van der Waals surface area contributed by atoms with Crippen molar-refractivity contribution in [3.8, 4) is 0 Å². The molecule has 74 valence electrons. The molecule has 0 aromatic rings. The first-order chi connectivity index (χ1) is 6.16. The first-order valence-electron chi connectivity index (χ1n) is 3.83. The van der Waals surface area contributed by atoms with Crippen molar-refractivity contribution >= 4 is 6.16 Å². The molecule has 0 aromatic carbocycles. The van der Waals surface area contributed by atoms with Crippen LogP contribution in [0.1, 0.15) is 6.92 Å². The molecule has 0 aromatic heterocycles. The molecule has 0 aliphatic carbocycles. The molecule has 0 atom stereocenters. The van der Waals surface area contributed by atoms with E-state index in [1.165, 1.54) is 0 Å². The lowest BCUT2D eigenvalue weighted by atomic mass is 10.4. The van der Waals surface area contributed by atoms with E-state index >= 15 is 0 Å². The molecule has 0 aliphatic rings. The predicted octanol–water partition coefficient (Wildman–Crippen LogP) is 1.88. The fraction of sp³-hybridized carbons (Fsp3) is 0.444. The standard InChI is InChI=1S/C9H14O4/c1-4-12-9(10)13-6-5-11-7-8(2)3/h4H,1-2,5-7H2,3H3. The average Bonchev–Trinajstić information content (AvgIpc) is 2.03. The number of ether oxygens (including phenoxy) is 3. The highest BCUT2D eigenvalue weighted by Gasteiger charge is 1.99. The Morgan fingerprint density at radius 2 is 2.15 bits per heavy atom. The lowest BCUT2D eigenvalue weighted by Crippen LogP contribution is -2.10. The molecule has 0 N–H and O–H groups in total. The zero-order chi connectivity index (χ0) is 10.1. The normalized spacial score (nSPS) is 9.00. The van der Waals surface area contributed by atoms with Crippen molar-refractivity contribution < 1.29 is 19.0 Å². The Hall–Kier alpha value is -1.29. The summed E-state index contributed by atoms with van der Waals surface area (Å²) in [7, 11) is 0. The Balaban J connectivity index is 3.20. The lowest BCUT2D eigenvalue weighted by Gasteiger charge is -2.04. The second-order valence-corrected chi connectivity index (χ2v) is 2.39.